The average Bonchev–Trinajstić information content (AvgIpc) is 2.74. The second-order valence-electron chi connectivity index (χ2n) is 4.84. The van der Waals surface area contributed by atoms with Crippen molar-refractivity contribution in [1.29, 1.82) is 0 Å². The van der Waals surface area contributed by atoms with Crippen LogP contribution in [0.2, 0.25) is 0 Å². The molecule has 2 aliphatic rings. The van der Waals surface area contributed by atoms with Crippen molar-refractivity contribution in [2.45, 2.75) is 44.6 Å². The summed E-state index contributed by atoms with van der Waals surface area (Å²) in [7, 11) is 2.17. The Morgan fingerprint density at radius 1 is 1.07 bits per heavy atom. The molecular formula is C12H23NS. The zero-order valence-corrected chi connectivity index (χ0v) is 10.1. The van der Waals surface area contributed by atoms with E-state index in [9.17, 15) is 0 Å². The van der Waals surface area contributed by atoms with Crippen LogP contribution in [0, 0.1) is 11.8 Å². The van der Waals surface area contributed by atoms with Gasteiger partial charge in [0.1, 0.15) is 0 Å². The first-order valence-electron chi connectivity index (χ1n) is 6.17. The monoisotopic (exact) mass is 213 g/mol. The Kier molecular flexibility index (Phi) is 4.18. The summed E-state index contributed by atoms with van der Waals surface area (Å²) in [6.07, 6.45) is 8.82. The minimum absolute atomic E-state index is 0.824. The van der Waals surface area contributed by atoms with Crippen LogP contribution in [0.15, 0.2) is 0 Å². The van der Waals surface area contributed by atoms with Gasteiger partial charge in [0.05, 0.1) is 0 Å². The summed E-state index contributed by atoms with van der Waals surface area (Å²) in [5, 5.41) is 3.60. The first kappa shape index (κ1) is 10.8. The second kappa shape index (κ2) is 5.41. The quantitative estimate of drug-likeness (QED) is 0.773. The van der Waals surface area contributed by atoms with Crippen LogP contribution in [0.25, 0.3) is 0 Å². The zero-order chi connectivity index (χ0) is 9.80. The first-order valence-corrected chi connectivity index (χ1v) is 7.32. The van der Waals surface area contributed by atoms with Gasteiger partial charge in [0.25, 0.3) is 0 Å². The zero-order valence-electron chi connectivity index (χ0n) is 9.30. The number of hydrogen-bond donors (Lipinski definition) is 1. The van der Waals surface area contributed by atoms with E-state index in [4.69, 9.17) is 0 Å². The lowest BCUT2D eigenvalue weighted by Gasteiger charge is -2.33. The van der Waals surface area contributed by atoms with Gasteiger partial charge >= 0.3 is 0 Å². The molecule has 1 aliphatic heterocycles. The van der Waals surface area contributed by atoms with Crippen molar-refractivity contribution in [2.75, 3.05) is 18.6 Å². The first-order chi connectivity index (χ1) is 6.92. The van der Waals surface area contributed by atoms with Crippen LogP contribution in [0.3, 0.4) is 0 Å². The molecular weight excluding hydrogens is 190 g/mol. The fraction of sp³-hybridized carbons (Fsp3) is 1.00. The summed E-state index contributed by atoms with van der Waals surface area (Å²) in [6.45, 7) is 0. The molecule has 0 spiro atoms. The van der Waals surface area contributed by atoms with Gasteiger partial charge < -0.3 is 5.32 Å². The summed E-state index contributed by atoms with van der Waals surface area (Å²) >= 11 is 2.17. The Balaban J connectivity index is 1.89. The largest absolute Gasteiger partial charge is 0.316 e. The minimum Gasteiger partial charge on any atom is -0.316 e. The molecule has 1 nitrogen and oxygen atoms in total. The Hall–Kier alpha value is 0.310. The smallest absolute Gasteiger partial charge is 0.0128 e. The molecule has 0 bridgehead atoms. The van der Waals surface area contributed by atoms with Gasteiger partial charge in [-0.15, -0.1) is 0 Å². The van der Waals surface area contributed by atoms with E-state index < -0.39 is 0 Å². The lowest BCUT2D eigenvalue weighted by atomic mass is 9.85. The van der Waals surface area contributed by atoms with Gasteiger partial charge in [-0.3, -0.25) is 0 Å². The highest BCUT2D eigenvalue weighted by Crippen LogP contribution is 2.35. The predicted molar refractivity (Wildman–Crippen MR) is 64.9 cm³/mol. The lowest BCUT2D eigenvalue weighted by molar-refractivity contribution is 0.275. The maximum absolute atomic E-state index is 3.60. The van der Waals surface area contributed by atoms with E-state index in [1.54, 1.807) is 0 Å². The van der Waals surface area contributed by atoms with Crippen LogP contribution >= 0.6 is 11.8 Å². The molecule has 14 heavy (non-hydrogen) atoms. The molecule has 1 aliphatic carbocycles. The van der Waals surface area contributed by atoms with E-state index in [-0.39, 0.29) is 0 Å². The number of nitrogens with one attached hydrogen (secondary N) is 1. The molecule has 82 valence electrons. The molecule has 1 saturated heterocycles. The average molecular weight is 213 g/mol. The van der Waals surface area contributed by atoms with E-state index >= 15 is 0 Å². The molecule has 0 aromatic heterocycles. The Morgan fingerprint density at radius 3 is 2.36 bits per heavy atom. The van der Waals surface area contributed by atoms with Crippen LogP contribution in [-0.4, -0.2) is 24.6 Å². The maximum atomic E-state index is 3.60. The lowest BCUT2D eigenvalue weighted by Crippen LogP contribution is -2.41. The Labute approximate surface area is 92.4 Å². The van der Waals surface area contributed by atoms with Crippen molar-refractivity contribution >= 4 is 11.8 Å². The molecule has 0 amide bonds. The fourth-order valence-corrected chi connectivity index (χ4v) is 4.44. The summed E-state index contributed by atoms with van der Waals surface area (Å²) in [4.78, 5) is 0. The highest BCUT2D eigenvalue weighted by Gasteiger charge is 2.31. The van der Waals surface area contributed by atoms with Gasteiger partial charge in [-0.2, -0.15) is 11.8 Å². The topological polar surface area (TPSA) is 12.0 Å². The van der Waals surface area contributed by atoms with E-state index in [2.05, 4.69) is 24.1 Å². The summed E-state index contributed by atoms with van der Waals surface area (Å²) in [5.74, 6) is 4.75. The van der Waals surface area contributed by atoms with Crippen molar-refractivity contribution in [3.63, 3.8) is 0 Å². The highest BCUT2D eigenvalue weighted by atomic mass is 32.2. The van der Waals surface area contributed by atoms with Crippen LogP contribution in [0.1, 0.15) is 38.5 Å². The Morgan fingerprint density at radius 2 is 1.79 bits per heavy atom. The molecule has 0 radical (unpaired) electrons. The molecule has 0 aromatic carbocycles. The van der Waals surface area contributed by atoms with Crippen LogP contribution in [0.4, 0.5) is 0 Å². The van der Waals surface area contributed by atoms with Crippen molar-refractivity contribution in [1.82, 2.24) is 5.32 Å². The summed E-state index contributed by atoms with van der Waals surface area (Å²) < 4.78 is 0. The third kappa shape index (κ3) is 2.46. The van der Waals surface area contributed by atoms with E-state index in [0.29, 0.717) is 0 Å². The molecule has 2 atom stereocenters. The molecule has 1 saturated carbocycles. The number of hydrogen-bond acceptors (Lipinski definition) is 2. The second-order valence-corrected chi connectivity index (χ2v) is 5.99. The van der Waals surface area contributed by atoms with Crippen LogP contribution in [0.5, 0.6) is 0 Å². The normalized spacial score (nSPS) is 31.9. The number of thioether (sulfide) groups is 1. The standard InChI is InChI=1S/C12H23NS/c1-13-12(10-5-2-3-6-10)11-7-4-8-14-9-11/h10-13H,2-9H2,1H3. The SMILES string of the molecule is CNC(C1CCCC1)C1CCCSC1. The summed E-state index contributed by atoms with van der Waals surface area (Å²) in [6, 6.07) is 0.824. The third-order valence-corrected chi connectivity index (χ3v) is 5.19. The minimum atomic E-state index is 0.824. The number of rotatable bonds is 3. The van der Waals surface area contributed by atoms with E-state index in [0.717, 1.165) is 17.9 Å². The molecule has 2 fully saturated rings. The van der Waals surface area contributed by atoms with Crippen molar-refractivity contribution < 1.29 is 0 Å². The van der Waals surface area contributed by atoms with Gasteiger partial charge in [-0.1, -0.05) is 12.8 Å². The fourth-order valence-electron chi connectivity index (χ4n) is 3.22. The maximum Gasteiger partial charge on any atom is 0.0128 e. The van der Waals surface area contributed by atoms with Gasteiger partial charge in [0, 0.05) is 6.04 Å². The van der Waals surface area contributed by atoms with Crippen molar-refractivity contribution in [2.24, 2.45) is 11.8 Å². The van der Waals surface area contributed by atoms with Crippen molar-refractivity contribution in [3.8, 4) is 0 Å². The van der Waals surface area contributed by atoms with Crippen molar-refractivity contribution in [3.05, 3.63) is 0 Å². The van der Waals surface area contributed by atoms with Crippen LogP contribution in [-0.2, 0) is 0 Å². The van der Waals surface area contributed by atoms with Gasteiger partial charge in [0.2, 0.25) is 0 Å². The molecule has 2 unspecified atom stereocenters. The van der Waals surface area contributed by atoms with Gasteiger partial charge in [0.15, 0.2) is 0 Å². The van der Waals surface area contributed by atoms with E-state index in [1.807, 2.05) is 0 Å². The van der Waals surface area contributed by atoms with E-state index in [1.165, 1.54) is 50.0 Å². The van der Waals surface area contributed by atoms with Gasteiger partial charge in [-0.05, 0) is 56.1 Å². The summed E-state index contributed by atoms with van der Waals surface area (Å²) in [5.41, 5.74) is 0. The molecule has 2 rings (SSSR count). The Bertz CT molecular complexity index is 160. The highest BCUT2D eigenvalue weighted by molar-refractivity contribution is 7.99. The molecule has 1 heterocycles. The molecule has 0 aromatic rings. The predicted octanol–water partition coefficient (Wildman–Crippen LogP) is 2.91. The molecule has 2 heteroatoms. The van der Waals surface area contributed by atoms with Crippen LogP contribution < -0.4 is 5.32 Å². The third-order valence-electron chi connectivity index (χ3n) is 3.94. The molecule has 1 N–H and O–H groups in total. The van der Waals surface area contributed by atoms with Gasteiger partial charge in [-0.25, -0.2) is 0 Å².